The number of anilines is 1. The van der Waals surface area contributed by atoms with Crippen LogP contribution in [0.1, 0.15) is 26.5 Å². The topological polar surface area (TPSA) is 111 Å². The van der Waals surface area contributed by atoms with Crippen LogP contribution in [0.15, 0.2) is 17.1 Å². The summed E-state index contributed by atoms with van der Waals surface area (Å²) in [6.45, 7) is 3.99. The largest absolute Gasteiger partial charge is 0.388 e. The molecule has 2 rings (SSSR count). The normalized spacial score (nSPS) is 31.0. The molecule has 106 valence electrons. The summed E-state index contributed by atoms with van der Waals surface area (Å²) < 4.78 is 6.73. The van der Waals surface area contributed by atoms with Gasteiger partial charge in [0.05, 0.1) is 6.10 Å². The Bertz CT molecular complexity index is 502. The van der Waals surface area contributed by atoms with E-state index in [4.69, 9.17) is 10.5 Å². The zero-order valence-corrected chi connectivity index (χ0v) is 10.9. The van der Waals surface area contributed by atoms with E-state index in [9.17, 15) is 15.0 Å². The summed E-state index contributed by atoms with van der Waals surface area (Å²) in [5, 5.41) is 19.9. The Morgan fingerprint density at radius 1 is 1.47 bits per heavy atom. The molecule has 0 aliphatic carbocycles. The molecule has 1 unspecified atom stereocenters. The van der Waals surface area contributed by atoms with E-state index in [-0.39, 0.29) is 5.82 Å². The van der Waals surface area contributed by atoms with E-state index in [1.165, 1.54) is 12.3 Å². The van der Waals surface area contributed by atoms with Gasteiger partial charge in [0.2, 0.25) is 0 Å². The average Bonchev–Trinajstić information content (AvgIpc) is 2.57. The molecule has 1 fully saturated rings. The van der Waals surface area contributed by atoms with Crippen molar-refractivity contribution in [2.24, 2.45) is 5.92 Å². The Morgan fingerprint density at radius 3 is 2.74 bits per heavy atom. The van der Waals surface area contributed by atoms with Crippen LogP contribution in [-0.2, 0) is 4.74 Å². The summed E-state index contributed by atoms with van der Waals surface area (Å²) in [5.74, 6) is 0.417. The molecule has 0 aromatic carbocycles. The Kier molecular flexibility index (Phi) is 3.88. The number of aliphatic hydroxyl groups excluding tert-OH is 2. The van der Waals surface area contributed by atoms with Crippen molar-refractivity contribution in [3.8, 4) is 0 Å². The molecule has 1 aromatic heterocycles. The molecular weight excluding hydrogens is 250 g/mol. The average molecular weight is 269 g/mol. The fraction of sp³-hybridized carbons (Fsp3) is 0.667. The molecule has 1 aliphatic heterocycles. The molecule has 0 spiro atoms. The number of hydrogen-bond acceptors (Lipinski definition) is 6. The maximum Gasteiger partial charge on any atom is 0.351 e. The van der Waals surface area contributed by atoms with E-state index in [0.29, 0.717) is 12.3 Å². The summed E-state index contributed by atoms with van der Waals surface area (Å²) in [7, 11) is 0. The summed E-state index contributed by atoms with van der Waals surface area (Å²) in [6.07, 6.45) is -1.60. The van der Waals surface area contributed by atoms with Crippen LogP contribution in [-0.4, -0.2) is 38.1 Å². The second-order valence-electron chi connectivity index (χ2n) is 5.22. The molecular formula is C12H19N3O4. The van der Waals surface area contributed by atoms with Crippen molar-refractivity contribution in [2.45, 2.75) is 44.8 Å². The zero-order valence-electron chi connectivity index (χ0n) is 10.9. The molecule has 1 saturated heterocycles. The monoisotopic (exact) mass is 269 g/mol. The first-order chi connectivity index (χ1) is 8.90. The van der Waals surface area contributed by atoms with E-state index in [1.807, 2.05) is 13.8 Å². The smallest absolute Gasteiger partial charge is 0.351 e. The molecule has 4 atom stereocenters. The zero-order chi connectivity index (χ0) is 14.2. The van der Waals surface area contributed by atoms with Crippen LogP contribution in [0.5, 0.6) is 0 Å². The molecule has 1 aliphatic rings. The standard InChI is InChI=1S/C12H19N3O4/c1-6(2)5-7-9(16)10(17)11(19-7)15-4-3-8(13)14-12(15)18/h3-4,6-7,9-11,16-17H,5H2,1-2H3,(H2,13,14,18)/t7-,9+,10?,11-/m1/s1. The molecule has 2 heterocycles. The lowest BCUT2D eigenvalue weighted by atomic mass is 10.0. The van der Waals surface area contributed by atoms with E-state index < -0.39 is 30.2 Å². The van der Waals surface area contributed by atoms with Gasteiger partial charge in [-0.2, -0.15) is 4.98 Å². The highest BCUT2D eigenvalue weighted by Crippen LogP contribution is 2.31. The van der Waals surface area contributed by atoms with Gasteiger partial charge in [0.15, 0.2) is 6.23 Å². The summed E-state index contributed by atoms with van der Waals surface area (Å²) in [6, 6.07) is 1.44. The predicted octanol–water partition coefficient (Wildman–Crippen LogP) is -0.509. The Balaban J connectivity index is 2.24. The van der Waals surface area contributed by atoms with Crippen molar-refractivity contribution in [1.29, 1.82) is 0 Å². The number of aromatic nitrogens is 2. The second kappa shape index (κ2) is 5.28. The SMILES string of the molecule is CC(C)C[C@H]1O[C@@H](n2ccc(N)nc2=O)C(O)[C@H]1O. The van der Waals surface area contributed by atoms with Crippen molar-refractivity contribution in [3.63, 3.8) is 0 Å². The van der Waals surface area contributed by atoms with Crippen LogP contribution >= 0.6 is 0 Å². The van der Waals surface area contributed by atoms with Gasteiger partial charge in [0, 0.05) is 6.20 Å². The number of nitrogens with zero attached hydrogens (tertiary/aromatic N) is 2. The fourth-order valence-electron chi connectivity index (χ4n) is 2.24. The fourth-order valence-corrected chi connectivity index (χ4v) is 2.24. The third-order valence-electron chi connectivity index (χ3n) is 3.17. The van der Waals surface area contributed by atoms with Gasteiger partial charge in [-0.3, -0.25) is 4.57 Å². The lowest BCUT2D eigenvalue weighted by molar-refractivity contribution is -0.0446. The van der Waals surface area contributed by atoms with Gasteiger partial charge in [0.25, 0.3) is 0 Å². The molecule has 4 N–H and O–H groups in total. The molecule has 0 amide bonds. The van der Waals surface area contributed by atoms with Crippen LogP contribution in [0.25, 0.3) is 0 Å². The van der Waals surface area contributed by atoms with Gasteiger partial charge >= 0.3 is 5.69 Å². The van der Waals surface area contributed by atoms with Gasteiger partial charge in [-0.1, -0.05) is 13.8 Å². The predicted molar refractivity (Wildman–Crippen MR) is 68.3 cm³/mol. The molecule has 0 radical (unpaired) electrons. The minimum absolute atomic E-state index is 0.105. The highest BCUT2D eigenvalue weighted by molar-refractivity contribution is 5.23. The summed E-state index contributed by atoms with van der Waals surface area (Å²) in [5.41, 5.74) is 4.79. The van der Waals surface area contributed by atoms with E-state index in [1.54, 1.807) is 0 Å². The van der Waals surface area contributed by atoms with Gasteiger partial charge in [-0.15, -0.1) is 0 Å². The molecule has 0 saturated carbocycles. The number of rotatable bonds is 3. The van der Waals surface area contributed by atoms with Crippen molar-refractivity contribution >= 4 is 5.82 Å². The summed E-state index contributed by atoms with van der Waals surface area (Å²) in [4.78, 5) is 15.3. The lowest BCUT2D eigenvalue weighted by Gasteiger charge is -2.17. The Hall–Kier alpha value is -1.44. The van der Waals surface area contributed by atoms with Crippen LogP contribution in [0.3, 0.4) is 0 Å². The minimum Gasteiger partial charge on any atom is -0.388 e. The van der Waals surface area contributed by atoms with E-state index >= 15 is 0 Å². The maximum absolute atomic E-state index is 11.7. The van der Waals surface area contributed by atoms with Crippen LogP contribution in [0, 0.1) is 5.92 Å². The quantitative estimate of drug-likeness (QED) is 0.681. The van der Waals surface area contributed by atoms with Gasteiger partial charge in [0.1, 0.15) is 18.0 Å². The van der Waals surface area contributed by atoms with Crippen molar-refractivity contribution in [1.82, 2.24) is 9.55 Å². The van der Waals surface area contributed by atoms with Crippen LogP contribution < -0.4 is 11.4 Å². The first kappa shape index (κ1) is 14.0. The van der Waals surface area contributed by atoms with Gasteiger partial charge < -0.3 is 20.7 Å². The van der Waals surface area contributed by atoms with Crippen molar-refractivity contribution in [3.05, 3.63) is 22.7 Å². The highest BCUT2D eigenvalue weighted by atomic mass is 16.6. The summed E-state index contributed by atoms with van der Waals surface area (Å²) >= 11 is 0. The van der Waals surface area contributed by atoms with Crippen LogP contribution in [0.4, 0.5) is 5.82 Å². The number of nitrogens with two attached hydrogens (primary N) is 1. The third-order valence-corrected chi connectivity index (χ3v) is 3.17. The molecule has 19 heavy (non-hydrogen) atoms. The number of nitrogen functional groups attached to an aromatic ring is 1. The van der Waals surface area contributed by atoms with Gasteiger partial charge in [-0.05, 0) is 18.4 Å². The maximum atomic E-state index is 11.7. The third kappa shape index (κ3) is 2.78. The van der Waals surface area contributed by atoms with Gasteiger partial charge in [-0.25, -0.2) is 4.79 Å². The van der Waals surface area contributed by atoms with Crippen molar-refractivity contribution in [2.75, 3.05) is 5.73 Å². The minimum atomic E-state index is -1.16. The number of hydrogen-bond donors (Lipinski definition) is 3. The first-order valence-corrected chi connectivity index (χ1v) is 6.26. The molecule has 0 bridgehead atoms. The molecule has 7 nitrogen and oxygen atoms in total. The molecule has 1 aromatic rings. The Labute approximate surface area is 110 Å². The first-order valence-electron chi connectivity index (χ1n) is 6.26. The van der Waals surface area contributed by atoms with E-state index in [2.05, 4.69) is 4.98 Å². The highest BCUT2D eigenvalue weighted by Gasteiger charge is 2.44. The van der Waals surface area contributed by atoms with E-state index in [0.717, 1.165) is 4.57 Å². The lowest BCUT2D eigenvalue weighted by Crippen LogP contribution is -2.35. The van der Waals surface area contributed by atoms with Crippen LogP contribution in [0.2, 0.25) is 0 Å². The van der Waals surface area contributed by atoms with Crippen molar-refractivity contribution < 1.29 is 14.9 Å². The number of ether oxygens (including phenoxy) is 1. The Morgan fingerprint density at radius 2 is 2.16 bits per heavy atom. The number of aliphatic hydroxyl groups is 2. The molecule has 7 heteroatoms. The second-order valence-corrected chi connectivity index (χ2v) is 5.22.